The molecule has 1 atom stereocenters. The summed E-state index contributed by atoms with van der Waals surface area (Å²) in [7, 11) is 0. The molecular formula is C17H17ClFNO2. The van der Waals surface area contributed by atoms with Crippen LogP contribution < -0.4 is 10.1 Å². The van der Waals surface area contributed by atoms with E-state index in [2.05, 4.69) is 5.32 Å². The molecule has 2 aromatic rings. The number of carbonyl (C=O) groups is 1. The molecule has 0 saturated carbocycles. The molecular weight excluding hydrogens is 305 g/mol. The van der Waals surface area contributed by atoms with E-state index in [0.717, 1.165) is 0 Å². The van der Waals surface area contributed by atoms with E-state index in [-0.39, 0.29) is 18.3 Å². The van der Waals surface area contributed by atoms with Gasteiger partial charge in [0, 0.05) is 17.1 Å². The van der Waals surface area contributed by atoms with E-state index in [1.165, 1.54) is 6.07 Å². The minimum atomic E-state index is -0.648. The van der Waals surface area contributed by atoms with E-state index in [0.29, 0.717) is 22.8 Å². The summed E-state index contributed by atoms with van der Waals surface area (Å²) in [5, 5.41) is 3.23. The molecule has 1 amide bonds. The maximum atomic E-state index is 13.5. The van der Waals surface area contributed by atoms with Crippen LogP contribution in [0.15, 0.2) is 48.5 Å². The van der Waals surface area contributed by atoms with E-state index in [1.54, 1.807) is 42.5 Å². The van der Waals surface area contributed by atoms with Gasteiger partial charge >= 0.3 is 0 Å². The number of amides is 1. The fourth-order valence-electron chi connectivity index (χ4n) is 1.96. The van der Waals surface area contributed by atoms with Crippen LogP contribution in [-0.2, 0) is 11.3 Å². The van der Waals surface area contributed by atoms with Crippen LogP contribution in [0.25, 0.3) is 0 Å². The lowest BCUT2D eigenvalue weighted by molar-refractivity contribution is -0.128. The van der Waals surface area contributed by atoms with Crippen molar-refractivity contribution in [1.29, 1.82) is 0 Å². The predicted molar refractivity (Wildman–Crippen MR) is 84.4 cm³/mol. The SMILES string of the molecule is CCC(Oc1cccc(Cl)c1)C(=O)NCc1ccccc1F. The van der Waals surface area contributed by atoms with E-state index < -0.39 is 6.10 Å². The van der Waals surface area contributed by atoms with Crippen LogP contribution in [0.5, 0.6) is 5.75 Å². The van der Waals surface area contributed by atoms with Gasteiger partial charge < -0.3 is 10.1 Å². The first-order chi connectivity index (χ1) is 10.6. The zero-order valence-corrected chi connectivity index (χ0v) is 12.9. The number of benzene rings is 2. The average molecular weight is 322 g/mol. The van der Waals surface area contributed by atoms with E-state index in [1.807, 2.05) is 6.92 Å². The summed E-state index contributed by atoms with van der Waals surface area (Å²) >= 11 is 5.89. The first-order valence-electron chi connectivity index (χ1n) is 7.03. The van der Waals surface area contributed by atoms with Crippen LogP contribution in [0, 0.1) is 5.82 Å². The topological polar surface area (TPSA) is 38.3 Å². The maximum absolute atomic E-state index is 13.5. The van der Waals surface area contributed by atoms with Gasteiger partial charge in [-0.15, -0.1) is 0 Å². The number of nitrogens with one attached hydrogen (secondary N) is 1. The molecule has 0 aliphatic rings. The van der Waals surface area contributed by atoms with Crippen molar-refractivity contribution in [2.45, 2.75) is 26.0 Å². The second-order valence-electron chi connectivity index (χ2n) is 4.78. The van der Waals surface area contributed by atoms with Crippen molar-refractivity contribution in [2.75, 3.05) is 0 Å². The van der Waals surface area contributed by atoms with Crippen molar-refractivity contribution in [2.24, 2.45) is 0 Å². The van der Waals surface area contributed by atoms with E-state index in [9.17, 15) is 9.18 Å². The monoisotopic (exact) mass is 321 g/mol. The number of rotatable bonds is 6. The Balaban J connectivity index is 1.96. The summed E-state index contributed by atoms with van der Waals surface area (Å²) in [6, 6.07) is 13.2. The molecule has 3 nitrogen and oxygen atoms in total. The molecule has 2 rings (SSSR count). The van der Waals surface area contributed by atoms with Crippen molar-refractivity contribution in [1.82, 2.24) is 5.32 Å². The summed E-state index contributed by atoms with van der Waals surface area (Å²) < 4.78 is 19.2. The molecule has 0 saturated heterocycles. The number of ether oxygens (including phenoxy) is 1. The van der Waals surface area contributed by atoms with Crippen LogP contribution in [0.4, 0.5) is 4.39 Å². The fraction of sp³-hybridized carbons (Fsp3) is 0.235. The number of halogens is 2. The molecule has 0 radical (unpaired) electrons. The lowest BCUT2D eigenvalue weighted by Crippen LogP contribution is -2.37. The Morgan fingerprint density at radius 1 is 1.27 bits per heavy atom. The van der Waals surface area contributed by atoms with Gasteiger partial charge in [0.05, 0.1) is 0 Å². The van der Waals surface area contributed by atoms with Crippen LogP contribution >= 0.6 is 11.6 Å². The quantitative estimate of drug-likeness (QED) is 0.874. The maximum Gasteiger partial charge on any atom is 0.261 e. The highest BCUT2D eigenvalue weighted by atomic mass is 35.5. The van der Waals surface area contributed by atoms with Crippen molar-refractivity contribution in [3.05, 3.63) is 64.9 Å². The first-order valence-corrected chi connectivity index (χ1v) is 7.41. The molecule has 0 aromatic heterocycles. The molecule has 22 heavy (non-hydrogen) atoms. The Kier molecular flexibility index (Phi) is 5.78. The predicted octanol–water partition coefficient (Wildman–Crippen LogP) is 3.95. The van der Waals surface area contributed by atoms with Gasteiger partial charge in [-0.25, -0.2) is 4.39 Å². The molecule has 0 heterocycles. The van der Waals surface area contributed by atoms with Gasteiger partial charge in [0.1, 0.15) is 11.6 Å². The Morgan fingerprint density at radius 2 is 2.05 bits per heavy atom. The molecule has 0 spiro atoms. The van der Waals surface area contributed by atoms with Crippen LogP contribution in [-0.4, -0.2) is 12.0 Å². The standard InChI is InChI=1S/C17H17ClFNO2/c1-2-16(22-14-8-5-7-13(18)10-14)17(21)20-11-12-6-3-4-9-15(12)19/h3-10,16H,2,11H2,1H3,(H,20,21). The number of hydrogen-bond acceptors (Lipinski definition) is 2. The lowest BCUT2D eigenvalue weighted by Gasteiger charge is -2.17. The molecule has 2 aromatic carbocycles. The number of carbonyl (C=O) groups excluding carboxylic acids is 1. The molecule has 0 aliphatic carbocycles. The largest absolute Gasteiger partial charge is 0.481 e. The van der Waals surface area contributed by atoms with Crippen LogP contribution in [0.1, 0.15) is 18.9 Å². The highest BCUT2D eigenvalue weighted by Gasteiger charge is 2.18. The molecule has 1 unspecified atom stereocenters. The molecule has 116 valence electrons. The molecule has 0 fully saturated rings. The van der Waals surface area contributed by atoms with E-state index >= 15 is 0 Å². The third-order valence-electron chi connectivity index (χ3n) is 3.15. The summed E-state index contributed by atoms with van der Waals surface area (Å²) in [5.74, 6) is -0.0993. The van der Waals surface area contributed by atoms with Gasteiger partial charge in [-0.2, -0.15) is 0 Å². The third-order valence-corrected chi connectivity index (χ3v) is 3.38. The second-order valence-corrected chi connectivity index (χ2v) is 5.22. The van der Waals surface area contributed by atoms with Crippen molar-refractivity contribution < 1.29 is 13.9 Å². The van der Waals surface area contributed by atoms with Gasteiger partial charge in [0.15, 0.2) is 6.10 Å². The zero-order chi connectivity index (χ0) is 15.9. The summed E-state index contributed by atoms with van der Waals surface area (Å²) in [6.07, 6.45) is -0.152. The minimum Gasteiger partial charge on any atom is -0.481 e. The first kappa shape index (κ1) is 16.3. The number of hydrogen-bond donors (Lipinski definition) is 1. The molecule has 5 heteroatoms. The van der Waals surface area contributed by atoms with Crippen LogP contribution in [0.3, 0.4) is 0 Å². The Labute approximate surface area is 134 Å². The smallest absolute Gasteiger partial charge is 0.261 e. The summed E-state index contributed by atoms with van der Waals surface area (Å²) in [6.45, 7) is 1.97. The van der Waals surface area contributed by atoms with Crippen LogP contribution in [0.2, 0.25) is 5.02 Å². The summed E-state index contributed by atoms with van der Waals surface area (Å²) in [5.41, 5.74) is 0.438. The normalized spacial score (nSPS) is 11.8. The van der Waals surface area contributed by atoms with Gasteiger partial charge in [0.25, 0.3) is 5.91 Å². The lowest BCUT2D eigenvalue weighted by atomic mass is 10.2. The van der Waals surface area contributed by atoms with Gasteiger partial charge in [0.2, 0.25) is 0 Å². The average Bonchev–Trinajstić information content (AvgIpc) is 2.51. The highest BCUT2D eigenvalue weighted by Crippen LogP contribution is 2.19. The fourth-order valence-corrected chi connectivity index (χ4v) is 2.15. The Bertz CT molecular complexity index is 648. The van der Waals surface area contributed by atoms with Crippen molar-refractivity contribution in [3.8, 4) is 5.75 Å². The molecule has 0 bridgehead atoms. The third kappa shape index (κ3) is 4.46. The summed E-state index contributed by atoms with van der Waals surface area (Å²) in [4.78, 5) is 12.2. The molecule has 1 N–H and O–H groups in total. The molecule has 0 aliphatic heterocycles. The van der Waals surface area contributed by atoms with Crippen molar-refractivity contribution in [3.63, 3.8) is 0 Å². The van der Waals surface area contributed by atoms with E-state index in [4.69, 9.17) is 16.3 Å². The minimum absolute atomic E-state index is 0.126. The van der Waals surface area contributed by atoms with Gasteiger partial charge in [-0.05, 0) is 30.7 Å². The Hall–Kier alpha value is -2.07. The second kappa shape index (κ2) is 7.80. The zero-order valence-electron chi connectivity index (χ0n) is 12.2. The highest BCUT2D eigenvalue weighted by molar-refractivity contribution is 6.30. The van der Waals surface area contributed by atoms with Gasteiger partial charge in [-0.3, -0.25) is 4.79 Å². The Morgan fingerprint density at radius 3 is 2.73 bits per heavy atom. The van der Waals surface area contributed by atoms with Crippen molar-refractivity contribution >= 4 is 17.5 Å². The van der Waals surface area contributed by atoms with Gasteiger partial charge in [-0.1, -0.05) is 42.8 Å².